The van der Waals surface area contributed by atoms with Crippen LogP contribution in [0, 0.1) is 0 Å². The third-order valence-electron chi connectivity index (χ3n) is 5.01. The van der Waals surface area contributed by atoms with Gasteiger partial charge in [-0.05, 0) is 55.1 Å². The lowest BCUT2D eigenvalue weighted by molar-refractivity contribution is 0.414. The van der Waals surface area contributed by atoms with Gasteiger partial charge in [0.05, 0.1) is 7.11 Å². The maximum absolute atomic E-state index is 5.33. The molecule has 1 atom stereocenters. The molecule has 0 fully saturated rings. The first-order chi connectivity index (χ1) is 13.3. The van der Waals surface area contributed by atoms with Gasteiger partial charge in [-0.25, -0.2) is 0 Å². The predicted molar refractivity (Wildman–Crippen MR) is 121 cm³/mol. The Hall–Kier alpha value is -2.29. The Morgan fingerprint density at radius 3 is 2.00 bits per heavy atom. The number of nitrogens with one attached hydrogen (secondary N) is 1. The fourth-order valence-electron chi connectivity index (χ4n) is 3.60. The molecule has 0 aliphatic carbocycles. The highest BCUT2D eigenvalue weighted by Gasteiger charge is 2.14. The van der Waals surface area contributed by atoms with Gasteiger partial charge in [0.2, 0.25) is 0 Å². The lowest BCUT2D eigenvalue weighted by Crippen LogP contribution is -2.30. The third-order valence-corrected chi connectivity index (χ3v) is 5.01. The summed E-state index contributed by atoms with van der Waals surface area (Å²) in [4.78, 5) is 0. The lowest BCUT2D eigenvalue weighted by Gasteiger charge is -2.20. The number of hydrogen-bond acceptors (Lipinski definition) is 2. The topological polar surface area (TPSA) is 21.3 Å². The molecule has 0 aromatic heterocycles. The molecule has 0 radical (unpaired) electrons. The van der Waals surface area contributed by atoms with Gasteiger partial charge in [-0.1, -0.05) is 72.8 Å². The first kappa shape index (κ1) is 22.0. The molecule has 0 bridgehead atoms. The molecule has 0 amide bonds. The summed E-state index contributed by atoms with van der Waals surface area (Å²) in [7, 11) is 1.72. The van der Waals surface area contributed by atoms with Gasteiger partial charge in [0, 0.05) is 12.0 Å². The first-order valence-electron chi connectivity index (χ1n) is 9.72. The summed E-state index contributed by atoms with van der Waals surface area (Å²) in [6.07, 6.45) is 2.08. The van der Waals surface area contributed by atoms with Crippen LogP contribution in [0.4, 0.5) is 0 Å². The van der Waals surface area contributed by atoms with E-state index in [1.165, 1.54) is 16.7 Å². The van der Waals surface area contributed by atoms with Gasteiger partial charge in [-0.2, -0.15) is 0 Å². The van der Waals surface area contributed by atoms with Crippen LogP contribution in [0.1, 0.15) is 36.0 Å². The van der Waals surface area contributed by atoms with E-state index in [0.29, 0.717) is 12.0 Å². The molecule has 2 nitrogen and oxygen atoms in total. The van der Waals surface area contributed by atoms with Crippen LogP contribution in [0.5, 0.6) is 5.75 Å². The van der Waals surface area contributed by atoms with Gasteiger partial charge in [0.15, 0.2) is 0 Å². The van der Waals surface area contributed by atoms with Crippen molar-refractivity contribution in [3.05, 3.63) is 102 Å². The lowest BCUT2D eigenvalue weighted by atomic mass is 9.88. The minimum Gasteiger partial charge on any atom is -0.497 e. The molecular formula is C25H30ClNO. The Kier molecular flexibility index (Phi) is 9.06. The summed E-state index contributed by atoms with van der Waals surface area (Å²) >= 11 is 0. The molecule has 3 heteroatoms. The van der Waals surface area contributed by atoms with E-state index < -0.39 is 0 Å². The number of methoxy groups -OCH3 is 1. The number of ether oxygens (including phenoxy) is 1. The van der Waals surface area contributed by atoms with Gasteiger partial charge >= 0.3 is 0 Å². The first-order valence-corrected chi connectivity index (χ1v) is 9.72. The standard InChI is InChI=1S/C25H29NO.ClH/c1-20(18-21-10-9-15-24(19-21)27-2)26-17-16-25(22-11-5-3-6-12-22)23-13-7-4-8-14-23;/h3-15,19-20,25-26H,16-18H2,1-2H3;1H. The largest absolute Gasteiger partial charge is 0.497 e. The Labute approximate surface area is 175 Å². The summed E-state index contributed by atoms with van der Waals surface area (Å²) in [5.41, 5.74) is 4.06. The fourth-order valence-corrected chi connectivity index (χ4v) is 3.60. The molecule has 0 saturated heterocycles. The highest BCUT2D eigenvalue weighted by Crippen LogP contribution is 2.27. The summed E-state index contributed by atoms with van der Waals surface area (Å²) in [6.45, 7) is 3.24. The summed E-state index contributed by atoms with van der Waals surface area (Å²) in [5, 5.41) is 3.70. The smallest absolute Gasteiger partial charge is 0.119 e. The average Bonchev–Trinajstić information content (AvgIpc) is 2.72. The van der Waals surface area contributed by atoms with Crippen LogP contribution in [-0.2, 0) is 6.42 Å². The minimum atomic E-state index is 0. The average molecular weight is 396 g/mol. The van der Waals surface area contributed by atoms with E-state index in [1.807, 2.05) is 6.07 Å². The van der Waals surface area contributed by atoms with E-state index in [4.69, 9.17) is 4.74 Å². The highest BCUT2D eigenvalue weighted by atomic mass is 35.5. The second kappa shape index (κ2) is 11.5. The minimum absolute atomic E-state index is 0. The molecule has 1 unspecified atom stereocenters. The van der Waals surface area contributed by atoms with Gasteiger partial charge in [-0.15, -0.1) is 12.4 Å². The van der Waals surface area contributed by atoms with Crippen molar-refractivity contribution >= 4 is 12.4 Å². The quantitative estimate of drug-likeness (QED) is 0.490. The van der Waals surface area contributed by atoms with Crippen LogP contribution in [0.2, 0.25) is 0 Å². The summed E-state index contributed by atoms with van der Waals surface area (Å²) in [6, 6.07) is 30.4. The van der Waals surface area contributed by atoms with E-state index in [1.54, 1.807) is 7.11 Å². The molecule has 28 heavy (non-hydrogen) atoms. The van der Waals surface area contributed by atoms with Gasteiger partial charge < -0.3 is 10.1 Å². The zero-order chi connectivity index (χ0) is 18.9. The number of hydrogen-bond donors (Lipinski definition) is 1. The maximum Gasteiger partial charge on any atom is 0.119 e. The molecule has 3 rings (SSSR count). The van der Waals surface area contributed by atoms with E-state index in [0.717, 1.165) is 25.1 Å². The van der Waals surface area contributed by atoms with Crippen molar-refractivity contribution in [2.45, 2.75) is 31.7 Å². The van der Waals surface area contributed by atoms with Crippen molar-refractivity contribution < 1.29 is 4.74 Å². The normalized spacial score (nSPS) is 11.7. The summed E-state index contributed by atoms with van der Waals surface area (Å²) in [5.74, 6) is 1.34. The van der Waals surface area contributed by atoms with E-state index >= 15 is 0 Å². The van der Waals surface area contributed by atoms with Crippen LogP contribution in [0.3, 0.4) is 0 Å². The van der Waals surface area contributed by atoms with Crippen LogP contribution in [-0.4, -0.2) is 19.7 Å². The Morgan fingerprint density at radius 1 is 0.821 bits per heavy atom. The zero-order valence-corrected chi connectivity index (χ0v) is 17.5. The number of rotatable bonds is 9. The molecule has 1 N–H and O–H groups in total. The van der Waals surface area contributed by atoms with Crippen LogP contribution >= 0.6 is 12.4 Å². The van der Waals surface area contributed by atoms with Gasteiger partial charge in [-0.3, -0.25) is 0 Å². The molecule has 0 aliphatic rings. The Bertz CT molecular complexity index is 768. The van der Waals surface area contributed by atoms with Gasteiger partial charge in [0.1, 0.15) is 5.75 Å². The van der Waals surface area contributed by atoms with E-state index in [-0.39, 0.29) is 12.4 Å². The molecule has 3 aromatic rings. The molecule has 0 saturated carbocycles. The third kappa shape index (κ3) is 6.40. The maximum atomic E-state index is 5.33. The monoisotopic (exact) mass is 395 g/mol. The second-order valence-electron chi connectivity index (χ2n) is 7.07. The van der Waals surface area contributed by atoms with Crippen molar-refractivity contribution in [3.8, 4) is 5.75 Å². The molecule has 148 valence electrons. The van der Waals surface area contributed by atoms with Crippen molar-refractivity contribution in [2.24, 2.45) is 0 Å². The predicted octanol–water partition coefficient (Wildman–Crippen LogP) is 5.86. The molecule has 3 aromatic carbocycles. The van der Waals surface area contributed by atoms with Crippen LogP contribution < -0.4 is 10.1 Å². The zero-order valence-electron chi connectivity index (χ0n) is 16.7. The van der Waals surface area contributed by atoms with Crippen molar-refractivity contribution in [1.29, 1.82) is 0 Å². The van der Waals surface area contributed by atoms with Crippen molar-refractivity contribution in [1.82, 2.24) is 5.32 Å². The molecular weight excluding hydrogens is 366 g/mol. The second-order valence-corrected chi connectivity index (χ2v) is 7.07. The van der Waals surface area contributed by atoms with Gasteiger partial charge in [0.25, 0.3) is 0 Å². The van der Waals surface area contributed by atoms with E-state index in [9.17, 15) is 0 Å². The van der Waals surface area contributed by atoms with Crippen molar-refractivity contribution in [2.75, 3.05) is 13.7 Å². The number of benzene rings is 3. The Balaban J connectivity index is 0.00000280. The Morgan fingerprint density at radius 2 is 1.43 bits per heavy atom. The molecule has 0 heterocycles. The van der Waals surface area contributed by atoms with E-state index in [2.05, 4.69) is 91.1 Å². The molecule has 0 spiro atoms. The van der Waals surface area contributed by atoms with Crippen molar-refractivity contribution in [3.63, 3.8) is 0 Å². The summed E-state index contributed by atoms with van der Waals surface area (Å²) < 4.78 is 5.33. The fraction of sp³-hybridized carbons (Fsp3) is 0.280. The highest BCUT2D eigenvalue weighted by molar-refractivity contribution is 5.85. The van der Waals surface area contributed by atoms with Crippen LogP contribution in [0.25, 0.3) is 0 Å². The SMILES string of the molecule is COc1cccc(CC(C)NCCC(c2ccccc2)c2ccccc2)c1.Cl. The number of halogens is 1. The van der Waals surface area contributed by atoms with Crippen LogP contribution in [0.15, 0.2) is 84.9 Å². The molecule has 0 aliphatic heterocycles.